The Morgan fingerprint density at radius 3 is 2.37 bits per heavy atom. The van der Waals surface area contributed by atoms with Gasteiger partial charge in [-0.1, -0.05) is 13.8 Å². The molecule has 3 N–H and O–H groups in total. The molecule has 0 saturated carbocycles. The summed E-state index contributed by atoms with van der Waals surface area (Å²) < 4.78 is 0. The Morgan fingerprint density at radius 1 is 1.21 bits per heavy atom. The Bertz CT molecular complexity index is 427. The van der Waals surface area contributed by atoms with E-state index in [-0.39, 0.29) is 11.5 Å². The summed E-state index contributed by atoms with van der Waals surface area (Å²) in [5.41, 5.74) is 0.825. The van der Waals surface area contributed by atoms with Crippen molar-refractivity contribution in [1.29, 1.82) is 0 Å². The molecule has 0 aliphatic heterocycles. The van der Waals surface area contributed by atoms with Crippen molar-refractivity contribution in [3.8, 4) is 0 Å². The zero-order valence-corrected chi connectivity index (χ0v) is 11.3. The second-order valence-corrected chi connectivity index (χ2v) is 4.64. The molecule has 0 bridgehead atoms. The van der Waals surface area contributed by atoms with Gasteiger partial charge in [-0.2, -0.15) is 0 Å². The van der Waals surface area contributed by atoms with Crippen molar-refractivity contribution in [3.63, 3.8) is 0 Å². The first-order chi connectivity index (χ1) is 8.99. The van der Waals surface area contributed by atoms with E-state index in [1.165, 1.54) is 12.1 Å². The summed E-state index contributed by atoms with van der Waals surface area (Å²) in [5, 5.41) is 14.7. The second kappa shape index (κ2) is 7.53. The van der Waals surface area contributed by atoms with Gasteiger partial charge in [0.05, 0.1) is 5.56 Å². The Kier molecular flexibility index (Phi) is 6.02. The van der Waals surface area contributed by atoms with Crippen LogP contribution in [0.4, 0.5) is 5.69 Å². The molecule has 0 atom stereocenters. The van der Waals surface area contributed by atoms with E-state index in [2.05, 4.69) is 24.5 Å². The van der Waals surface area contributed by atoms with Crippen LogP contribution in [0, 0.1) is 0 Å². The van der Waals surface area contributed by atoms with E-state index in [0.717, 1.165) is 13.0 Å². The largest absolute Gasteiger partial charge is 0.478 e. The number of rotatable bonds is 7. The molecule has 0 aliphatic rings. The molecular weight excluding hydrogens is 244 g/mol. The van der Waals surface area contributed by atoms with Gasteiger partial charge >= 0.3 is 5.97 Å². The van der Waals surface area contributed by atoms with Gasteiger partial charge in [0.1, 0.15) is 0 Å². The van der Waals surface area contributed by atoms with E-state index in [9.17, 15) is 9.59 Å². The molecule has 0 unspecified atom stereocenters. The fourth-order valence-corrected chi connectivity index (χ4v) is 1.56. The zero-order chi connectivity index (χ0) is 14.3. The highest BCUT2D eigenvalue weighted by molar-refractivity contribution is 5.92. The lowest BCUT2D eigenvalue weighted by atomic mass is 10.2. The van der Waals surface area contributed by atoms with Gasteiger partial charge in [0.15, 0.2) is 0 Å². The van der Waals surface area contributed by atoms with Crippen LogP contribution in [0.1, 0.15) is 37.0 Å². The van der Waals surface area contributed by atoms with Crippen molar-refractivity contribution in [2.24, 2.45) is 0 Å². The van der Waals surface area contributed by atoms with E-state index in [1.807, 2.05) is 0 Å². The number of carbonyl (C=O) groups is 2. The van der Waals surface area contributed by atoms with Crippen molar-refractivity contribution in [2.45, 2.75) is 32.7 Å². The monoisotopic (exact) mass is 264 g/mol. The van der Waals surface area contributed by atoms with E-state index in [0.29, 0.717) is 18.2 Å². The highest BCUT2D eigenvalue weighted by Gasteiger charge is 2.05. The van der Waals surface area contributed by atoms with Crippen molar-refractivity contribution >= 4 is 17.6 Å². The minimum atomic E-state index is -0.974. The Hall–Kier alpha value is -1.88. The maximum Gasteiger partial charge on any atom is 0.335 e. The highest BCUT2D eigenvalue weighted by Crippen LogP contribution is 2.10. The first-order valence-corrected chi connectivity index (χ1v) is 6.35. The fourth-order valence-electron chi connectivity index (χ4n) is 1.56. The number of amides is 1. The minimum absolute atomic E-state index is 0.0615. The third-order valence-electron chi connectivity index (χ3n) is 2.55. The van der Waals surface area contributed by atoms with Crippen LogP contribution >= 0.6 is 0 Å². The molecule has 5 nitrogen and oxygen atoms in total. The van der Waals surface area contributed by atoms with Crippen molar-refractivity contribution < 1.29 is 14.7 Å². The van der Waals surface area contributed by atoms with Gasteiger partial charge in [-0.3, -0.25) is 4.79 Å². The van der Waals surface area contributed by atoms with Crippen molar-refractivity contribution in [2.75, 3.05) is 11.9 Å². The third-order valence-corrected chi connectivity index (χ3v) is 2.55. The molecule has 104 valence electrons. The zero-order valence-electron chi connectivity index (χ0n) is 11.3. The number of nitrogens with one attached hydrogen (secondary N) is 2. The lowest BCUT2D eigenvalue weighted by Crippen LogP contribution is -2.24. The smallest absolute Gasteiger partial charge is 0.335 e. The van der Waals surface area contributed by atoms with Gasteiger partial charge in [-0.25, -0.2) is 4.79 Å². The maximum atomic E-state index is 11.6. The molecular formula is C14H20N2O3. The predicted octanol–water partition coefficient (Wildman–Crippen LogP) is 2.10. The summed E-state index contributed by atoms with van der Waals surface area (Å²) >= 11 is 0. The quantitative estimate of drug-likeness (QED) is 0.659. The number of hydrogen-bond acceptors (Lipinski definition) is 3. The molecule has 1 rings (SSSR count). The van der Waals surface area contributed by atoms with E-state index < -0.39 is 5.97 Å². The average molecular weight is 264 g/mol. The normalized spacial score (nSPS) is 10.5. The van der Waals surface area contributed by atoms with Crippen molar-refractivity contribution in [3.05, 3.63) is 29.8 Å². The van der Waals surface area contributed by atoms with Gasteiger partial charge in [0.25, 0.3) is 0 Å². The average Bonchev–Trinajstić information content (AvgIpc) is 2.35. The first kappa shape index (κ1) is 15.2. The predicted molar refractivity (Wildman–Crippen MR) is 74.4 cm³/mol. The lowest BCUT2D eigenvalue weighted by Gasteiger charge is -2.08. The van der Waals surface area contributed by atoms with Gasteiger partial charge in [0.2, 0.25) is 5.91 Å². The Balaban J connectivity index is 2.34. The molecule has 1 aromatic carbocycles. The van der Waals surface area contributed by atoms with Crippen LogP contribution in [0.2, 0.25) is 0 Å². The number of carboxylic acid groups (broad SMARTS) is 1. The molecule has 0 heterocycles. The van der Waals surface area contributed by atoms with Gasteiger partial charge in [0, 0.05) is 18.2 Å². The van der Waals surface area contributed by atoms with E-state index in [4.69, 9.17) is 5.11 Å². The number of aromatic carboxylic acids is 1. The summed E-state index contributed by atoms with van der Waals surface area (Å²) in [5.74, 6) is -1.04. The molecule has 0 spiro atoms. The van der Waals surface area contributed by atoms with E-state index >= 15 is 0 Å². The Morgan fingerprint density at radius 2 is 1.84 bits per heavy atom. The van der Waals surface area contributed by atoms with Crippen molar-refractivity contribution in [1.82, 2.24) is 5.32 Å². The summed E-state index contributed by atoms with van der Waals surface area (Å²) in [6, 6.07) is 6.55. The van der Waals surface area contributed by atoms with E-state index in [1.54, 1.807) is 12.1 Å². The SMILES string of the molecule is CC(C)NCCCC(=O)Nc1ccc(C(=O)O)cc1. The van der Waals surface area contributed by atoms with Crippen LogP contribution in [0.25, 0.3) is 0 Å². The van der Waals surface area contributed by atoms with Crippen LogP contribution in [0.5, 0.6) is 0 Å². The second-order valence-electron chi connectivity index (χ2n) is 4.64. The molecule has 0 fully saturated rings. The fraction of sp³-hybridized carbons (Fsp3) is 0.429. The molecule has 0 aliphatic carbocycles. The molecule has 0 radical (unpaired) electrons. The topological polar surface area (TPSA) is 78.4 Å². The van der Waals surface area contributed by atoms with Gasteiger partial charge in [-0.15, -0.1) is 0 Å². The number of carboxylic acids is 1. The third kappa shape index (κ3) is 6.01. The standard InChI is InChI=1S/C14H20N2O3/c1-10(2)15-9-3-4-13(17)16-12-7-5-11(6-8-12)14(18)19/h5-8,10,15H,3-4,9H2,1-2H3,(H,16,17)(H,18,19). The molecule has 19 heavy (non-hydrogen) atoms. The molecule has 0 saturated heterocycles. The summed E-state index contributed by atoms with van der Waals surface area (Å²) in [6.07, 6.45) is 1.22. The number of benzene rings is 1. The lowest BCUT2D eigenvalue weighted by molar-refractivity contribution is -0.116. The van der Waals surface area contributed by atoms with Gasteiger partial charge in [-0.05, 0) is 37.2 Å². The van der Waals surface area contributed by atoms with Gasteiger partial charge < -0.3 is 15.7 Å². The summed E-state index contributed by atoms with van der Waals surface area (Å²) in [7, 11) is 0. The van der Waals surface area contributed by atoms with Crippen LogP contribution < -0.4 is 10.6 Å². The van der Waals surface area contributed by atoms with Crippen LogP contribution in [0.15, 0.2) is 24.3 Å². The van der Waals surface area contributed by atoms with Crippen LogP contribution in [-0.2, 0) is 4.79 Å². The highest BCUT2D eigenvalue weighted by atomic mass is 16.4. The minimum Gasteiger partial charge on any atom is -0.478 e. The number of carbonyl (C=O) groups excluding carboxylic acids is 1. The number of hydrogen-bond donors (Lipinski definition) is 3. The molecule has 1 amide bonds. The summed E-state index contributed by atoms with van der Waals surface area (Å²) in [4.78, 5) is 22.3. The molecule has 1 aromatic rings. The number of anilines is 1. The molecule has 5 heteroatoms. The van der Waals surface area contributed by atoms with Crippen LogP contribution in [-0.4, -0.2) is 29.6 Å². The Labute approximate surface area is 113 Å². The molecule has 0 aromatic heterocycles. The summed E-state index contributed by atoms with van der Waals surface area (Å²) in [6.45, 7) is 4.93. The maximum absolute atomic E-state index is 11.6. The first-order valence-electron chi connectivity index (χ1n) is 6.35. The van der Waals surface area contributed by atoms with Crippen LogP contribution in [0.3, 0.4) is 0 Å².